The molecule has 0 saturated carbocycles. The van der Waals surface area contributed by atoms with Gasteiger partial charge in [0.2, 0.25) is 23.6 Å². The topological polar surface area (TPSA) is 86.8 Å². The number of hydrogen-bond donors (Lipinski definition) is 1. The Balaban J connectivity index is 1.57. The van der Waals surface area contributed by atoms with E-state index in [4.69, 9.17) is 0 Å². The molecule has 0 unspecified atom stereocenters. The molecule has 0 radical (unpaired) electrons. The molecule has 4 amide bonds. The summed E-state index contributed by atoms with van der Waals surface area (Å²) in [5.41, 5.74) is 2.97. The Kier molecular flexibility index (Phi) is 9.10. The molecule has 1 N–H and O–H groups in total. The van der Waals surface area contributed by atoms with Crippen molar-refractivity contribution in [1.82, 2.24) is 15.1 Å². The number of fused-ring (bicyclic) bond motifs is 1. The first-order valence-electron chi connectivity index (χ1n) is 13.6. The minimum absolute atomic E-state index is 0.0252. The molecule has 1 aliphatic heterocycles. The summed E-state index contributed by atoms with van der Waals surface area (Å²) in [6.45, 7) is 4.79. The molecule has 2 aliphatic rings. The number of nitrogens with zero attached hydrogens (tertiary/aromatic N) is 2. The van der Waals surface area contributed by atoms with Gasteiger partial charge in [0, 0.05) is 32.5 Å². The number of imide groups is 1. The van der Waals surface area contributed by atoms with E-state index in [0.717, 1.165) is 23.1 Å². The second-order valence-electron chi connectivity index (χ2n) is 10.2. The van der Waals surface area contributed by atoms with Crippen molar-refractivity contribution in [3.63, 3.8) is 0 Å². The van der Waals surface area contributed by atoms with Crippen LogP contribution in [0.25, 0.3) is 0 Å². The van der Waals surface area contributed by atoms with E-state index in [2.05, 4.69) is 5.32 Å². The summed E-state index contributed by atoms with van der Waals surface area (Å²) in [5, 5.41) is 2.97. The average Bonchev–Trinajstić information content (AvgIpc) is 3.18. The average molecular weight is 516 g/mol. The van der Waals surface area contributed by atoms with Crippen LogP contribution in [-0.4, -0.2) is 52.6 Å². The van der Waals surface area contributed by atoms with Crippen molar-refractivity contribution in [3.8, 4) is 0 Å². The predicted octanol–water partition coefficient (Wildman–Crippen LogP) is 3.80. The van der Waals surface area contributed by atoms with E-state index in [0.29, 0.717) is 25.8 Å². The Morgan fingerprint density at radius 1 is 0.947 bits per heavy atom. The molecule has 1 heterocycles. The van der Waals surface area contributed by atoms with Crippen LogP contribution in [0.15, 0.2) is 66.7 Å². The lowest BCUT2D eigenvalue weighted by molar-refractivity contribution is -0.144. The van der Waals surface area contributed by atoms with Gasteiger partial charge in [-0.15, -0.1) is 0 Å². The van der Waals surface area contributed by atoms with E-state index in [1.165, 1.54) is 4.90 Å². The molecule has 200 valence electrons. The molecule has 7 heteroatoms. The number of hydrogen-bond acceptors (Lipinski definition) is 4. The first-order valence-corrected chi connectivity index (χ1v) is 13.6. The zero-order valence-corrected chi connectivity index (χ0v) is 22.3. The van der Waals surface area contributed by atoms with E-state index in [1.807, 2.05) is 80.6 Å². The standard InChI is InChI=1S/C31H37N3O4/c1-3-18-32-29(36)27(20-23-9-5-4-6-10-23)34(21-24-15-13-22(2)14-16-24)28(35)17-19-33-30(37)25-11-7-8-12-26(25)31(33)38/h4-10,13-16,25-27H,3,11-12,17-21H2,1-2H3,(H,32,36)/t25-,26+,27-/m0/s1. The Morgan fingerprint density at radius 2 is 1.58 bits per heavy atom. The number of allylic oxidation sites excluding steroid dienone is 2. The fourth-order valence-corrected chi connectivity index (χ4v) is 5.25. The maximum Gasteiger partial charge on any atom is 0.243 e. The van der Waals surface area contributed by atoms with Crippen LogP contribution in [0, 0.1) is 18.8 Å². The molecule has 0 spiro atoms. The molecule has 1 aliphatic carbocycles. The molecule has 38 heavy (non-hydrogen) atoms. The van der Waals surface area contributed by atoms with Crippen molar-refractivity contribution >= 4 is 23.6 Å². The molecule has 1 fully saturated rings. The Hall–Kier alpha value is -3.74. The normalized spacial score (nSPS) is 19.3. The quantitative estimate of drug-likeness (QED) is 0.364. The highest BCUT2D eigenvalue weighted by Gasteiger charge is 2.47. The van der Waals surface area contributed by atoms with Crippen LogP contribution >= 0.6 is 0 Å². The summed E-state index contributed by atoms with van der Waals surface area (Å²) < 4.78 is 0. The highest BCUT2D eigenvalue weighted by Crippen LogP contribution is 2.35. The van der Waals surface area contributed by atoms with Gasteiger partial charge in [-0.05, 0) is 37.3 Å². The number of benzene rings is 2. The van der Waals surface area contributed by atoms with Crippen molar-refractivity contribution < 1.29 is 19.2 Å². The van der Waals surface area contributed by atoms with Crippen LogP contribution in [0.1, 0.15) is 49.3 Å². The van der Waals surface area contributed by atoms with Crippen molar-refractivity contribution in [3.05, 3.63) is 83.4 Å². The third-order valence-corrected chi connectivity index (χ3v) is 7.44. The Bertz CT molecular complexity index is 1150. The van der Waals surface area contributed by atoms with E-state index in [1.54, 1.807) is 4.90 Å². The fraction of sp³-hybridized carbons (Fsp3) is 0.419. The number of nitrogens with one attached hydrogen (secondary N) is 1. The summed E-state index contributed by atoms with van der Waals surface area (Å²) in [6.07, 6.45) is 6.16. The molecular weight excluding hydrogens is 478 g/mol. The zero-order chi connectivity index (χ0) is 27.1. The lowest BCUT2D eigenvalue weighted by atomic mass is 9.85. The van der Waals surface area contributed by atoms with Crippen LogP contribution < -0.4 is 5.32 Å². The molecule has 4 rings (SSSR count). The van der Waals surface area contributed by atoms with Crippen LogP contribution in [0.2, 0.25) is 0 Å². The predicted molar refractivity (Wildman–Crippen MR) is 146 cm³/mol. The highest BCUT2D eigenvalue weighted by molar-refractivity contribution is 6.05. The smallest absolute Gasteiger partial charge is 0.243 e. The minimum atomic E-state index is -0.727. The molecule has 0 bridgehead atoms. The monoisotopic (exact) mass is 515 g/mol. The summed E-state index contributed by atoms with van der Waals surface area (Å²) in [7, 11) is 0. The van der Waals surface area contributed by atoms with Gasteiger partial charge >= 0.3 is 0 Å². The molecular formula is C31H37N3O4. The number of likely N-dealkylation sites (tertiary alicyclic amines) is 1. The van der Waals surface area contributed by atoms with E-state index >= 15 is 0 Å². The third kappa shape index (κ3) is 6.39. The van der Waals surface area contributed by atoms with Crippen molar-refractivity contribution in [2.45, 2.75) is 58.5 Å². The lowest BCUT2D eigenvalue weighted by Gasteiger charge is -2.32. The second kappa shape index (κ2) is 12.7. The first-order chi connectivity index (χ1) is 18.4. The Morgan fingerprint density at radius 3 is 2.18 bits per heavy atom. The molecule has 0 aromatic heterocycles. The minimum Gasteiger partial charge on any atom is -0.354 e. The largest absolute Gasteiger partial charge is 0.354 e. The molecule has 3 atom stereocenters. The van der Waals surface area contributed by atoms with Crippen LogP contribution in [-0.2, 0) is 32.1 Å². The number of amides is 4. The van der Waals surface area contributed by atoms with E-state index in [-0.39, 0.29) is 55.0 Å². The third-order valence-electron chi connectivity index (χ3n) is 7.44. The molecule has 1 saturated heterocycles. The molecule has 7 nitrogen and oxygen atoms in total. The SMILES string of the molecule is CCCNC(=O)[C@H](Cc1ccccc1)N(Cc1ccc(C)cc1)C(=O)CCN1C(=O)[C@H]2CC=CC[C@H]2C1=O. The highest BCUT2D eigenvalue weighted by atomic mass is 16.2. The number of carbonyl (C=O) groups excluding carboxylic acids is 4. The molecule has 2 aromatic carbocycles. The number of carbonyl (C=O) groups is 4. The van der Waals surface area contributed by atoms with Crippen molar-refractivity contribution in [2.24, 2.45) is 11.8 Å². The zero-order valence-electron chi connectivity index (χ0n) is 22.3. The van der Waals surface area contributed by atoms with Crippen molar-refractivity contribution in [1.29, 1.82) is 0 Å². The van der Waals surface area contributed by atoms with Gasteiger partial charge in [0.15, 0.2) is 0 Å². The van der Waals surface area contributed by atoms with Gasteiger partial charge < -0.3 is 10.2 Å². The number of aryl methyl sites for hydroxylation is 1. The lowest BCUT2D eigenvalue weighted by Crippen LogP contribution is -2.51. The first kappa shape index (κ1) is 27.3. The van der Waals surface area contributed by atoms with Gasteiger partial charge in [-0.3, -0.25) is 24.1 Å². The van der Waals surface area contributed by atoms with Gasteiger partial charge in [-0.25, -0.2) is 0 Å². The van der Waals surface area contributed by atoms with Crippen LogP contribution in [0.3, 0.4) is 0 Å². The van der Waals surface area contributed by atoms with Gasteiger partial charge in [-0.2, -0.15) is 0 Å². The summed E-state index contributed by atoms with van der Waals surface area (Å²) in [5.74, 6) is -1.49. The second-order valence-corrected chi connectivity index (χ2v) is 10.2. The fourth-order valence-electron chi connectivity index (χ4n) is 5.25. The summed E-state index contributed by atoms with van der Waals surface area (Å²) in [4.78, 5) is 55.9. The van der Waals surface area contributed by atoms with E-state index < -0.39 is 6.04 Å². The van der Waals surface area contributed by atoms with Gasteiger partial charge in [0.05, 0.1) is 11.8 Å². The van der Waals surface area contributed by atoms with Gasteiger partial charge in [0.25, 0.3) is 0 Å². The van der Waals surface area contributed by atoms with Crippen LogP contribution in [0.5, 0.6) is 0 Å². The van der Waals surface area contributed by atoms with E-state index in [9.17, 15) is 19.2 Å². The Labute approximate surface area is 224 Å². The molecule has 2 aromatic rings. The van der Waals surface area contributed by atoms with Gasteiger partial charge in [0.1, 0.15) is 6.04 Å². The maximum absolute atomic E-state index is 13.8. The van der Waals surface area contributed by atoms with Gasteiger partial charge in [-0.1, -0.05) is 79.2 Å². The summed E-state index contributed by atoms with van der Waals surface area (Å²) >= 11 is 0. The number of rotatable bonds is 11. The van der Waals surface area contributed by atoms with Crippen LogP contribution in [0.4, 0.5) is 0 Å². The van der Waals surface area contributed by atoms with Crippen molar-refractivity contribution in [2.75, 3.05) is 13.1 Å². The summed E-state index contributed by atoms with van der Waals surface area (Å²) in [6, 6.07) is 16.8. The maximum atomic E-state index is 13.8.